The second-order valence-electron chi connectivity index (χ2n) is 10.9. The summed E-state index contributed by atoms with van der Waals surface area (Å²) < 4.78 is 70.5. The van der Waals surface area contributed by atoms with Crippen LogP contribution in [0, 0.1) is 24.0 Å². The fourth-order valence-corrected chi connectivity index (χ4v) is 6.45. The largest absolute Gasteiger partial charge is 0.461 e. The molecule has 0 amide bonds. The zero-order valence-electron chi connectivity index (χ0n) is 24.2. The zero-order chi connectivity index (χ0) is 30.1. The Labute approximate surface area is 237 Å². The summed E-state index contributed by atoms with van der Waals surface area (Å²) in [6.07, 6.45) is 9.73. The Hall–Kier alpha value is -4.11. The SMILES string of the molecule is [2H]C([2H])(Oc1nc(N2CCCCC2)c2cnc(-n3nc(N)c4ccc(F)c(C#C)c43)c(F)c2n1)[C@@]12CCCN1C[C@H](F)C2. The molecule has 2 N–H and O–H groups in total. The van der Waals surface area contributed by atoms with Crippen LogP contribution >= 0.6 is 0 Å². The molecule has 6 heterocycles. The minimum Gasteiger partial charge on any atom is -0.461 e. The first kappa shape index (κ1) is 23.6. The maximum atomic E-state index is 16.5. The number of nitrogens with zero attached hydrogens (tertiary/aromatic N) is 7. The fourth-order valence-electron chi connectivity index (χ4n) is 6.45. The molecular weight excluding hydrogens is 533 g/mol. The summed E-state index contributed by atoms with van der Waals surface area (Å²) in [4.78, 5) is 17.0. The smallest absolute Gasteiger partial charge is 0.319 e. The highest BCUT2D eigenvalue weighted by Gasteiger charge is 2.49. The Bertz CT molecular complexity index is 1800. The molecule has 1 aromatic carbocycles. The van der Waals surface area contributed by atoms with Crippen molar-refractivity contribution in [2.45, 2.75) is 50.2 Å². The van der Waals surface area contributed by atoms with Crippen LogP contribution in [-0.2, 0) is 0 Å². The molecule has 7 rings (SSSR count). The molecule has 41 heavy (non-hydrogen) atoms. The number of piperidine rings is 1. The van der Waals surface area contributed by atoms with Gasteiger partial charge in [-0.05, 0) is 50.8 Å². The molecule has 0 unspecified atom stereocenters. The van der Waals surface area contributed by atoms with Gasteiger partial charge in [0.05, 0.1) is 24.7 Å². The van der Waals surface area contributed by atoms with Crippen molar-refractivity contribution in [1.29, 1.82) is 0 Å². The summed E-state index contributed by atoms with van der Waals surface area (Å²) in [5.41, 5.74) is 4.63. The Morgan fingerprint density at radius 1 is 1.12 bits per heavy atom. The number of pyridine rings is 1. The molecule has 0 radical (unpaired) electrons. The van der Waals surface area contributed by atoms with E-state index in [4.69, 9.17) is 19.6 Å². The van der Waals surface area contributed by atoms with Gasteiger partial charge in [0.2, 0.25) is 0 Å². The van der Waals surface area contributed by atoms with Crippen LogP contribution in [0.15, 0.2) is 18.3 Å². The molecule has 0 bridgehead atoms. The molecule has 3 aliphatic heterocycles. The van der Waals surface area contributed by atoms with Gasteiger partial charge in [-0.3, -0.25) is 4.90 Å². The van der Waals surface area contributed by atoms with Crippen molar-refractivity contribution < 1.29 is 20.6 Å². The Balaban J connectivity index is 1.40. The van der Waals surface area contributed by atoms with Crippen LogP contribution in [0.1, 0.15) is 46.8 Å². The number of hydrogen-bond donors (Lipinski definition) is 1. The quantitative estimate of drug-likeness (QED) is 0.361. The summed E-state index contributed by atoms with van der Waals surface area (Å²) in [7, 11) is 0. The van der Waals surface area contributed by atoms with E-state index in [2.05, 4.69) is 26.0 Å². The van der Waals surface area contributed by atoms with E-state index in [0.29, 0.717) is 43.7 Å². The maximum absolute atomic E-state index is 16.5. The van der Waals surface area contributed by atoms with E-state index in [0.717, 1.165) is 23.9 Å². The van der Waals surface area contributed by atoms with Crippen LogP contribution < -0.4 is 15.4 Å². The van der Waals surface area contributed by atoms with E-state index in [9.17, 15) is 8.78 Å². The lowest BCUT2D eigenvalue weighted by Crippen LogP contribution is -2.43. The van der Waals surface area contributed by atoms with Gasteiger partial charge in [0.25, 0.3) is 0 Å². The Morgan fingerprint density at radius 3 is 2.76 bits per heavy atom. The number of benzene rings is 1. The van der Waals surface area contributed by atoms with Gasteiger partial charge in [0, 0.05) is 37.6 Å². The van der Waals surface area contributed by atoms with Crippen molar-refractivity contribution in [2.24, 2.45) is 0 Å². The summed E-state index contributed by atoms with van der Waals surface area (Å²) >= 11 is 0. The molecule has 3 saturated heterocycles. The molecule has 12 heteroatoms. The molecular formula is C29H29F3N8O. The van der Waals surface area contributed by atoms with E-state index in [1.165, 1.54) is 18.3 Å². The Morgan fingerprint density at radius 2 is 1.95 bits per heavy atom. The molecule has 9 nitrogen and oxygen atoms in total. The first-order chi connectivity index (χ1) is 20.6. The number of anilines is 2. The second kappa shape index (κ2) is 9.76. The lowest BCUT2D eigenvalue weighted by Gasteiger charge is -2.31. The molecule has 3 aliphatic rings. The average molecular weight is 565 g/mol. The standard InChI is InChI=1S/C29H29F3N8O/c1-2-18-21(31)8-7-19-24(18)40(37-25(19)33)27-22(32)23-20(14-34-27)26(38-10-4-3-5-11-38)36-28(35-23)41-16-29-9-6-12-39(29)15-17(30)13-29/h1,7-8,14,17H,3-6,9-13,15-16H2,(H2,33,37)/t17-,29+/m1/s1/i16D2. The normalized spacial score (nSPS) is 24.0. The van der Waals surface area contributed by atoms with Gasteiger partial charge in [-0.2, -0.15) is 9.97 Å². The number of terminal acetylenes is 1. The van der Waals surface area contributed by atoms with Gasteiger partial charge in [0.15, 0.2) is 17.5 Å². The van der Waals surface area contributed by atoms with Crippen molar-refractivity contribution >= 4 is 33.4 Å². The third-order valence-electron chi connectivity index (χ3n) is 8.38. The van der Waals surface area contributed by atoms with Crippen LogP contribution in [-0.4, -0.2) is 74.1 Å². The minimum absolute atomic E-state index is 0.00446. The fraction of sp³-hybridized carbons (Fsp3) is 0.448. The highest BCUT2D eigenvalue weighted by Crippen LogP contribution is 2.41. The van der Waals surface area contributed by atoms with Crippen LogP contribution in [0.4, 0.5) is 24.8 Å². The van der Waals surface area contributed by atoms with Gasteiger partial charge in [-0.15, -0.1) is 11.5 Å². The molecule has 212 valence electrons. The van der Waals surface area contributed by atoms with Crippen LogP contribution in [0.3, 0.4) is 0 Å². The van der Waals surface area contributed by atoms with E-state index in [-0.39, 0.29) is 52.6 Å². The van der Waals surface area contributed by atoms with Gasteiger partial charge in [-0.1, -0.05) is 5.92 Å². The van der Waals surface area contributed by atoms with Gasteiger partial charge in [-0.25, -0.2) is 22.8 Å². The maximum Gasteiger partial charge on any atom is 0.319 e. The lowest BCUT2D eigenvalue weighted by atomic mass is 9.95. The number of aromatic nitrogens is 5. The average Bonchev–Trinajstić information content (AvgIpc) is 3.64. The number of hydrogen-bond acceptors (Lipinski definition) is 8. The lowest BCUT2D eigenvalue weighted by molar-refractivity contribution is 0.107. The first-order valence-electron chi connectivity index (χ1n) is 14.8. The number of rotatable bonds is 5. The summed E-state index contributed by atoms with van der Waals surface area (Å²) in [6.45, 7) is -0.380. The van der Waals surface area contributed by atoms with Crippen LogP contribution in [0.5, 0.6) is 6.01 Å². The van der Waals surface area contributed by atoms with Crippen molar-refractivity contribution in [3.05, 3.63) is 35.5 Å². The number of fused-ring (bicyclic) bond motifs is 3. The van der Waals surface area contributed by atoms with Crippen LogP contribution in [0.2, 0.25) is 0 Å². The topological polar surface area (TPSA) is 98.2 Å². The number of nitrogen functional groups attached to an aromatic ring is 1. The number of ether oxygens (including phenoxy) is 1. The Kier molecular flexibility index (Phi) is 5.62. The van der Waals surface area contributed by atoms with E-state index < -0.39 is 29.9 Å². The molecule has 4 aromatic rings. The molecule has 2 atom stereocenters. The monoisotopic (exact) mass is 564 g/mol. The highest BCUT2D eigenvalue weighted by atomic mass is 19.1. The van der Waals surface area contributed by atoms with Crippen LogP contribution in [0.25, 0.3) is 27.6 Å². The van der Waals surface area contributed by atoms with Crippen molar-refractivity contribution in [3.8, 4) is 24.2 Å². The number of halogens is 3. The van der Waals surface area contributed by atoms with E-state index in [1.54, 1.807) is 4.90 Å². The molecule has 0 spiro atoms. The predicted octanol–water partition coefficient (Wildman–Crippen LogP) is 4.15. The second-order valence-corrected chi connectivity index (χ2v) is 10.9. The minimum atomic E-state index is -2.37. The summed E-state index contributed by atoms with van der Waals surface area (Å²) in [6, 6.07) is 2.20. The third kappa shape index (κ3) is 4.13. The number of alkyl halides is 1. The van der Waals surface area contributed by atoms with E-state index >= 15 is 4.39 Å². The van der Waals surface area contributed by atoms with Gasteiger partial charge in [0.1, 0.15) is 29.9 Å². The highest BCUT2D eigenvalue weighted by molar-refractivity contribution is 5.95. The predicted molar refractivity (Wildman–Crippen MR) is 149 cm³/mol. The first-order valence-corrected chi connectivity index (χ1v) is 13.8. The summed E-state index contributed by atoms with van der Waals surface area (Å²) in [5, 5.41) is 4.82. The molecule has 0 saturated carbocycles. The molecule has 3 fully saturated rings. The van der Waals surface area contributed by atoms with Crippen molar-refractivity contribution in [3.63, 3.8) is 0 Å². The van der Waals surface area contributed by atoms with Crippen molar-refractivity contribution in [1.82, 2.24) is 29.6 Å². The van der Waals surface area contributed by atoms with Gasteiger partial charge < -0.3 is 15.4 Å². The van der Waals surface area contributed by atoms with E-state index in [1.807, 2.05) is 4.90 Å². The molecule has 0 aliphatic carbocycles. The van der Waals surface area contributed by atoms with Crippen molar-refractivity contribution in [2.75, 3.05) is 43.4 Å². The number of nitrogens with two attached hydrogens (primary N) is 1. The third-order valence-corrected chi connectivity index (χ3v) is 8.38. The molecule has 3 aromatic heterocycles. The summed E-state index contributed by atoms with van der Waals surface area (Å²) in [5.74, 6) is 0.687. The van der Waals surface area contributed by atoms with Gasteiger partial charge >= 0.3 is 6.01 Å². The zero-order valence-corrected chi connectivity index (χ0v) is 22.2.